The minimum Gasteiger partial charge on any atom is -0.492 e. The van der Waals surface area contributed by atoms with E-state index in [9.17, 15) is 13.6 Å². The molecule has 22 heavy (non-hydrogen) atoms. The Bertz CT molecular complexity index is 483. The lowest BCUT2D eigenvalue weighted by Gasteiger charge is -2.10. The number of rotatable bonds is 7. The van der Waals surface area contributed by atoms with E-state index in [1.54, 1.807) is 0 Å². The van der Waals surface area contributed by atoms with Crippen LogP contribution < -0.4 is 15.4 Å². The Hall–Kier alpha value is -1.40. The summed E-state index contributed by atoms with van der Waals surface area (Å²) < 4.78 is 30.9. The molecule has 1 atom stereocenters. The molecule has 1 heterocycles. The van der Waals surface area contributed by atoms with Crippen LogP contribution >= 0.6 is 12.4 Å². The van der Waals surface area contributed by atoms with Crippen LogP contribution in [0.1, 0.15) is 19.3 Å². The van der Waals surface area contributed by atoms with Crippen molar-refractivity contribution in [3.63, 3.8) is 0 Å². The first kappa shape index (κ1) is 18.6. The van der Waals surface area contributed by atoms with Crippen molar-refractivity contribution in [2.24, 2.45) is 5.92 Å². The van der Waals surface area contributed by atoms with Gasteiger partial charge in [0.25, 0.3) is 0 Å². The van der Waals surface area contributed by atoms with Gasteiger partial charge in [0.05, 0.1) is 6.54 Å². The average molecular weight is 335 g/mol. The highest BCUT2D eigenvalue weighted by atomic mass is 35.5. The highest BCUT2D eigenvalue weighted by Crippen LogP contribution is 2.15. The van der Waals surface area contributed by atoms with Gasteiger partial charge in [0.15, 0.2) is 11.6 Å². The Kier molecular flexibility index (Phi) is 8.12. The fourth-order valence-electron chi connectivity index (χ4n) is 2.31. The van der Waals surface area contributed by atoms with E-state index in [0.29, 0.717) is 18.9 Å². The molecule has 0 bridgehead atoms. The summed E-state index contributed by atoms with van der Waals surface area (Å²) >= 11 is 0. The minimum atomic E-state index is -0.943. The van der Waals surface area contributed by atoms with Crippen LogP contribution in [0.25, 0.3) is 0 Å². The van der Waals surface area contributed by atoms with Gasteiger partial charge >= 0.3 is 0 Å². The molecule has 2 N–H and O–H groups in total. The Labute approximate surface area is 135 Å². The number of amides is 1. The van der Waals surface area contributed by atoms with E-state index in [2.05, 4.69) is 10.6 Å². The van der Waals surface area contributed by atoms with Crippen molar-refractivity contribution in [1.82, 2.24) is 10.6 Å². The summed E-state index contributed by atoms with van der Waals surface area (Å²) in [4.78, 5) is 11.6. The molecule has 0 saturated carbocycles. The largest absolute Gasteiger partial charge is 0.492 e. The first-order valence-electron chi connectivity index (χ1n) is 7.20. The van der Waals surface area contributed by atoms with Gasteiger partial charge in [-0.3, -0.25) is 4.79 Å². The molecule has 1 aliphatic heterocycles. The summed E-state index contributed by atoms with van der Waals surface area (Å²) in [5, 5.41) is 6.02. The number of nitrogens with one attached hydrogen (secondary N) is 2. The third-order valence-electron chi connectivity index (χ3n) is 3.53. The first-order valence-corrected chi connectivity index (χ1v) is 7.20. The number of benzene rings is 1. The molecule has 1 fully saturated rings. The van der Waals surface area contributed by atoms with Crippen LogP contribution in [-0.2, 0) is 4.79 Å². The molecule has 0 spiro atoms. The Morgan fingerprint density at radius 1 is 1.36 bits per heavy atom. The number of hydrogen-bond donors (Lipinski definition) is 2. The van der Waals surface area contributed by atoms with E-state index < -0.39 is 11.6 Å². The molecule has 1 aliphatic rings. The molecule has 4 nitrogen and oxygen atoms in total. The quantitative estimate of drug-likeness (QED) is 0.752. The third kappa shape index (κ3) is 6.15. The lowest BCUT2D eigenvalue weighted by molar-refractivity contribution is -0.121. The Morgan fingerprint density at radius 2 is 2.18 bits per heavy atom. The lowest BCUT2D eigenvalue weighted by atomic mass is 10.0. The maximum Gasteiger partial charge on any atom is 0.220 e. The topological polar surface area (TPSA) is 50.4 Å². The van der Waals surface area contributed by atoms with Crippen LogP contribution in [0.3, 0.4) is 0 Å². The second kappa shape index (κ2) is 9.58. The molecule has 124 valence electrons. The van der Waals surface area contributed by atoms with Gasteiger partial charge in [-0.2, -0.15) is 0 Å². The van der Waals surface area contributed by atoms with Crippen molar-refractivity contribution >= 4 is 18.3 Å². The second-order valence-corrected chi connectivity index (χ2v) is 5.17. The van der Waals surface area contributed by atoms with Crippen molar-refractivity contribution in [3.8, 4) is 5.75 Å². The van der Waals surface area contributed by atoms with Gasteiger partial charge < -0.3 is 15.4 Å². The molecular formula is C15H21ClF2N2O2. The van der Waals surface area contributed by atoms with E-state index >= 15 is 0 Å². The predicted molar refractivity (Wildman–Crippen MR) is 82.3 cm³/mol. The second-order valence-electron chi connectivity index (χ2n) is 5.17. The van der Waals surface area contributed by atoms with Crippen LogP contribution in [0.15, 0.2) is 18.2 Å². The van der Waals surface area contributed by atoms with Gasteiger partial charge in [0, 0.05) is 12.5 Å². The molecule has 1 aromatic rings. The summed E-state index contributed by atoms with van der Waals surface area (Å²) in [5.41, 5.74) is 0. The zero-order chi connectivity index (χ0) is 15.1. The number of carbonyl (C=O) groups is 1. The number of halogens is 3. The maximum absolute atomic E-state index is 12.9. The van der Waals surface area contributed by atoms with Gasteiger partial charge in [-0.25, -0.2) is 8.78 Å². The molecule has 0 radical (unpaired) electrons. The fourth-order valence-corrected chi connectivity index (χ4v) is 2.31. The number of carbonyl (C=O) groups excluding carboxylic acids is 1. The standard InChI is InChI=1S/C15H20F2N2O2.ClH/c16-13-3-2-12(9-14(13)17)21-8-7-19-15(20)4-1-11-5-6-18-10-11;/h2-3,9,11,18H,1,4-8,10H2,(H,19,20);1H. The van der Waals surface area contributed by atoms with E-state index in [1.807, 2.05) is 0 Å². The predicted octanol–water partition coefficient (Wildman–Crippen LogP) is 2.27. The van der Waals surface area contributed by atoms with Gasteiger partial charge in [0.1, 0.15) is 12.4 Å². The number of hydrogen-bond acceptors (Lipinski definition) is 3. The summed E-state index contributed by atoms with van der Waals surface area (Å²) in [6.45, 7) is 2.60. The van der Waals surface area contributed by atoms with Crippen molar-refractivity contribution in [2.45, 2.75) is 19.3 Å². The van der Waals surface area contributed by atoms with Crippen LogP contribution in [0.5, 0.6) is 5.75 Å². The van der Waals surface area contributed by atoms with Crippen molar-refractivity contribution < 1.29 is 18.3 Å². The van der Waals surface area contributed by atoms with Crippen molar-refractivity contribution in [2.75, 3.05) is 26.2 Å². The molecule has 2 rings (SSSR count). The molecular weight excluding hydrogens is 314 g/mol. The van der Waals surface area contributed by atoms with Gasteiger partial charge in [-0.05, 0) is 44.0 Å². The fraction of sp³-hybridized carbons (Fsp3) is 0.533. The summed E-state index contributed by atoms with van der Waals surface area (Å²) in [7, 11) is 0. The Balaban J connectivity index is 0.00000242. The van der Waals surface area contributed by atoms with Crippen LogP contribution in [0, 0.1) is 17.6 Å². The zero-order valence-corrected chi connectivity index (χ0v) is 13.1. The van der Waals surface area contributed by atoms with Gasteiger partial charge in [-0.1, -0.05) is 0 Å². The Morgan fingerprint density at radius 3 is 2.86 bits per heavy atom. The van der Waals surface area contributed by atoms with Crippen LogP contribution in [0.4, 0.5) is 8.78 Å². The third-order valence-corrected chi connectivity index (χ3v) is 3.53. The normalized spacial score (nSPS) is 16.9. The smallest absolute Gasteiger partial charge is 0.220 e. The molecule has 0 aromatic heterocycles. The van der Waals surface area contributed by atoms with E-state index in [0.717, 1.165) is 38.1 Å². The summed E-state index contributed by atoms with van der Waals surface area (Å²) in [5.74, 6) is -1.01. The monoisotopic (exact) mass is 334 g/mol. The zero-order valence-electron chi connectivity index (χ0n) is 12.2. The lowest BCUT2D eigenvalue weighted by Crippen LogP contribution is -2.28. The molecule has 7 heteroatoms. The van der Waals surface area contributed by atoms with Gasteiger partial charge in [-0.15, -0.1) is 12.4 Å². The minimum absolute atomic E-state index is 0. The molecule has 0 aliphatic carbocycles. The molecule has 1 amide bonds. The van der Waals surface area contributed by atoms with E-state index in [4.69, 9.17) is 4.74 Å². The SMILES string of the molecule is Cl.O=C(CCC1CCNC1)NCCOc1ccc(F)c(F)c1. The van der Waals surface area contributed by atoms with E-state index in [-0.39, 0.29) is 30.7 Å². The summed E-state index contributed by atoms with van der Waals surface area (Å²) in [6, 6.07) is 3.36. The molecule has 1 saturated heterocycles. The molecule has 1 unspecified atom stereocenters. The van der Waals surface area contributed by atoms with Gasteiger partial charge in [0.2, 0.25) is 5.91 Å². The van der Waals surface area contributed by atoms with Crippen molar-refractivity contribution in [3.05, 3.63) is 29.8 Å². The van der Waals surface area contributed by atoms with Crippen molar-refractivity contribution in [1.29, 1.82) is 0 Å². The average Bonchev–Trinajstić information content (AvgIpc) is 2.98. The first-order chi connectivity index (χ1) is 10.1. The van der Waals surface area contributed by atoms with Crippen LogP contribution in [0.2, 0.25) is 0 Å². The summed E-state index contributed by atoms with van der Waals surface area (Å²) in [6.07, 6.45) is 2.53. The maximum atomic E-state index is 12.9. The van der Waals surface area contributed by atoms with E-state index in [1.165, 1.54) is 6.07 Å². The van der Waals surface area contributed by atoms with Crippen LogP contribution in [-0.4, -0.2) is 32.1 Å². The highest BCUT2D eigenvalue weighted by molar-refractivity contribution is 5.85. The molecule has 1 aromatic carbocycles. The number of ether oxygens (including phenoxy) is 1. The highest BCUT2D eigenvalue weighted by Gasteiger charge is 2.15.